The first-order valence-corrected chi connectivity index (χ1v) is 9.43. The first kappa shape index (κ1) is 12.9. The van der Waals surface area contributed by atoms with Crippen molar-refractivity contribution in [3.8, 4) is 16.9 Å². The molecule has 0 radical (unpaired) electrons. The van der Waals surface area contributed by atoms with E-state index in [0.29, 0.717) is 0 Å². The fraction of sp³-hybridized carbons (Fsp3) is 0.200. The Morgan fingerprint density at radius 1 is 1.05 bits per heavy atom. The smallest absolute Gasteiger partial charge is 0.269 e. The minimum absolute atomic E-state index is 0.170. The van der Waals surface area contributed by atoms with E-state index in [-0.39, 0.29) is 10.6 Å². The molecule has 0 bridgehead atoms. The molecule has 0 saturated heterocycles. The van der Waals surface area contributed by atoms with Crippen molar-refractivity contribution in [3.05, 3.63) is 46.5 Å². The summed E-state index contributed by atoms with van der Waals surface area (Å²) in [6, 6.07) is 11.3. The predicted octanol–water partition coefficient (Wildman–Crippen LogP) is 2.41. The molecule has 0 atom stereocenters. The zero-order valence-corrected chi connectivity index (χ0v) is 12.6. The van der Waals surface area contributed by atoms with Crippen molar-refractivity contribution in [1.29, 1.82) is 0 Å². The van der Waals surface area contributed by atoms with Gasteiger partial charge >= 0.3 is 0 Å². The van der Waals surface area contributed by atoms with E-state index >= 15 is 0 Å². The second-order valence-corrected chi connectivity index (χ2v) is 9.85. The molecule has 0 saturated carbocycles. The van der Waals surface area contributed by atoms with E-state index in [1.54, 1.807) is 19.2 Å². The van der Waals surface area contributed by atoms with Gasteiger partial charge in [0.2, 0.25) is 0 Å². The summed E-state index contributed by atoms with van der Waals surface area (Å²) in [5.41, 5.74) is 2.49. The minimum Gasteiger partial charge on any atom is -0.497 e. The van der Waals surface area contributed by atoms with Crippen molar-refractivity contribution >= 4 is 24.1 Å². The Morgan fingerprint density at radius 3 is 2.25 bits per heavy atom. The quantitative estimate of drug-likeness (QED) is 0.484. The standard InChI is InChI=1S/C15H15NO3Si/c1-19-11-5-7-13-12-6-4-10(16(17)18)8-14(12)20(2,3)15(13)9-11/h4-9H,1-3H3. The lowest BCUT2D eigenvalue weighted by Crippen LogP contribution is -2.49. The Hall–Kier alpha value is -2.14. The second-order valence-electron chi connectivity index (χ2n) is 5.52. The summed E-state index contributed by atoms with van der Waals surface area (Å²) < 4.78 is 5.31. The second kappa shape index (κ2) is 4.18. The number of ether oxygens (including phenoxy) is 1. The molecule has 102 valence electrons. The molecule has 0 unspecified atom stereocenters. The maximum Gasteiger partial charge on any atom is 0.269 e. The van der Waals surface area contributed by atoms with Crippen LogP contribution in [0.25, 0.3) is 11.1 Å². The lowest BCUT2D eigenvalue weighted by Gasteiger charge is -2.18. The van der Waals surface area contributed by atoms with Gasteiger partial charge in [0.25, 0.3) is 5.69 Å². The molecule has 0 fully saturated rings. The molecule has 1 aliphatic rings. The van der Waals surface area contributed by atoms with Gasteiger partial charge in [0, 0.05) is 12.1 Å². The highest BCUT2D eigenvalue weighted by atomic mass is 28.3. The molecule has 4 nitrogen and oxygen atoms in total. The summed E-state index contributed by atoms with van der Waals surface area (Å²) >= 11 is 0. The van der Waals surface area contributed by atoms with Crippen LogP contribution in [-0.4, -0.2) is 20.1 Å². The third kappa shape index (κ3) is 1.66. The summed E-state index contributed by atoms with van der Waals surface area (Å²) in [5.74, 6) is 0.839. The first-order chi connectivity index (χ1) is 9.45. The molecule has 1 heterocycles. The van der Waals surface area contributed by atoms with E-state index in [1.807, 2.05) is 12.1 Å². The lowest BCUT2D eigenvalue weighted by atomic mass is 10.1. The van der Waals surface area contributed by atoms with Gasteiger partial charge in [-0.2, -0.15) is 0 Å². The number of nitro benzene ring substituents is 1. The number of fused-ring (bicyclic) bond motifs is 3. The van der Waals surface area contributed by atoms with Crippen LogP contribution in [0.3, 0.4) is 0 Å². The molecule has 0 aromatic heterocycles. The van der Waals surface area contributed by atoms with Crippen LogP contribution < -0.4 is 15.1 Å². The Labute approximate surface area is 118 Å². The van der Waals surface area contributed by atoms with E-state index in [0.717, 1.165) is 16.5 Å². The summed E-state index contributed by atoms with van der Waals surface area (Å²) in [4.78, 5) is 10.7. The van der Waals surface area contributed by atoms with E-state index < -0.39 is 8.07 Å². The maximum atomic E-state index is 11.0. The van der Waals surface area contributed by atoms with E-state index in [9.17, 15) is 10.1 Å². The molecule has 0 N–H and O–H groups in total. The predicted molar refractivity (Wildman–Crippen MR) is 81.8 cm³/mol. The lowest BCUT2D eigenvalue weighted by molar-refractivity contribution is -0.384. The average molecular weight is 285 g/mol. The molecule has 0 spiro atoms. The number of benzene rings is 2. The molecule has 2 aromatic carbocycles. The highest BCUT2D eigenvalue weighted by Crippen LogP contribution is 2.31. The largest absolute Gasteiger partial charge is 0.497 e. The fourth-order valence-corrected chi connectivity index (χ4v) is 6.03. The van der Waals surface area contributed by atoms with Crippen molar-refractivity contribution in [2.45, 2.75) is 13.1 Å². The SMILES string of the molecule is COc1ccc2c(c1)[Si](C)(C)c1cc([N+](=O)[O-])ccc1-2. The highest BCUT2D eigenvalue weighted by molar-refractivity contribution is 7.03. The molecule has 5 heteroatoms. The van der Waals surface area contributed by atoms with Crippen LogP contribution in [0.4, 0.5) is 5.69 Å². The zero-order valence-electron chi connectivity index (χ0n) is 11.6. The summed E-state index contributed by atoms with van der Waals surface area (Å²) in [7, 11) is -0.235. The Kier molecular flexibility index (Phi) is 2.69. The molecule has 1 aliphatic heterocycles. The number of hydrogen-bond acceptors (Lipinski definition) is 3. The Morgan fingerprint density at radius 2 is 1.65 bits per heavy atom. The van der Waals surface area contributed by atoms with Gasteiger partial charge < -0.3 is 4.74 Å². The van der Waals surface area contributed by atoms with Crippen molar-refractivity contribution in [2.24, 2.45) is 0 Å². The summed E-state index contributed by atoms with van der Waals surface area (Å²) in [6.07, 6.45) is 0. The van der Waals surface area contributed by atoms with Gasteiger partial charge in [0.05, 0.1) is 12.0 Å². The number of methoxy groups -OCH3 is 1. The van der Waals surface area contributed by atoms with Gasteiger partial charge in [-0.05, 0) is 39.7 Å². The van der Waals surface area contributed by atoms with Crippen molar-refractivity contribution in [3.63, 3.8) is 0 Å². The van der Waals surface area contributed by atoms with Gasteiger partial charge in [-0.3, -0.25) is 10.1 Å². The fourth-order valence-electron chi connectivity index (χ4n) is 2.95. The van der Waals surface area contributed by atoms with Gasteiger partial charge in [-0.1, -0.05) is 19.2 Å². The van der Waals surface area contributed by atoms with Crippen molar-refractivity contribution in [2.75, 3.05) is 7.11 Å². The van der Waals surface area contributed by atoms with Gasteiger partial charge in [0.15, 0.2) is 0 Å². The van der Waals surface area contributed by atoms with Gasteiger partial charge in [0.1, 0.15) is 13.8 Å². The van der Waals surface area contributed by atoms with Crippen molar-refractivity contribution < 1.29 is 9.66 Å². The molecule has 3 rings (SSSR count). The van der Waals surface area contributed by atoms with Crippen LogP contribution in [-0.2, 0) is 0 Å². The Bertz CT molecular complexity index is 725. The topological polar surface area (TPSA) is 52.4 Å². The van der Waals surface area contributed by atoms with Crippen LogP contribution >= 0.6 is 0 Å². The zero-order chi connectivity index (χ0) is 14.5. The number of nitro groups is 1. The highest BCUT2D eigenvalue weighted by Gasteiger charge is 2.38. The minimum atomic E-state index is -1.89. The number of rotatable bonds is 2. The van der Waals surface area contributed by atoms with Gasteiger partial charge in [-0.25, -0.2) is 0 Å². The molecular formula is C15H15NO3Si. The molecule has 0 amide bonds. The summed E-state index contributed by atoms with van der Waals surface area (Å²) in [5, 5.41) is 13.4. The third-order valence-corrected chi connectivity index (χ3v) is 7.60. The van der Waals surface area contributed by atoms with E-state index in [1.165, 1.54) is 10.8 Å². The van der Waals surface area contributed by atoms with E-state index in [4.69, 9.17) is 4.74 Å². The average Bonchev–Trinajstić information content (AvgIpc) is 2.67. The van der Waals surface area contributed by atoms with Crippen LogP contribution in [0.2, 0.25) is 13.1 Å². The maximum absolute atomic E-state index is 11.0. The van der Waals surface area contributed by atoms with E-state index in [2.05, 4.69) is 25.2 Å². The number of non-ortho nitro benzene ring substituents is 1. The van der Waals surface area contributed by atoms with Crippen molar-refractivity contribution in [1.82, 2.24) is 0 Å². The van der Waals surface area contributed by atoms with Crippen LogP contribution in [0.1, 0.15) is 0 Å². The van der Waals surface area contributed by atoms with Gasteiger partial charge in [-0.15, -0.1) is 0 Å². The number of hydrogen-bond donors (Lipinski definition) is 0. The number of nitrogens with zero attached hydrogens (tertiary/aromatic N) is 1. The Balaban J connectivity index is 2.26. The molecule has 20 heavy (non-hydrogen) atoms. The van der Waals surface area contributed by atoms with Crippen LogP contribution in [0, 0.1) is 10.1 Å². The molecule has 0 aliphatic carbocycles. The monoisotopic (exact) mass is 285 g/mol. The summed E-state index contributed by atoms with van der Waals surface area (Å²) in [6.45, 7) is 4.45. The first-order valence-electron chi connectivity index (χ1n) is 6.43. The molecular weight excluding hydrogens is 270 g/mol. The van der Waals surface area contributed by atoms with Crippen LogP contribution in [0.5, 0.6) is 5.75 Å². The molecule has 2 aromatic rings. The third-order valence-electron chi connectivity index (χ3n) is 4.08. The normalized spacial score (nSPS) is 14.6. The van der Waals surface area contributed by atoms with Crippen LogP contribution in [0.15, 0.2) is 36.4 Å².